The van der Waals surface area contributed by atoms with Gasteiger partial charge in [-0.05, 0) is 42.3 Å². The molecule has 2 aliphatic heterocycles. The van der Waals surface area contributed by atoms with Gasteiger partial charge in [0.15, 0.2) is 5.82 Å². The third kappa shape index (κ3) is 4.68. The van der Waals surface area contributed by atoms with Crippen LogP contribution in [0.15, 0.2) is 41.3 Å². The zero-order chi connectivity index (χ0) is 25.4. The number of hydrogen-bond acceptors (Lipinski definition) is 9. The van der Waals surface area contributed by atoms with Gasteiger partial charge in [0.2, 0.25) is 5.82 Å². The van der Waals surface area contributed by atoms with Crippen LogP contribution in [0.2, 0.25) is 5.02 Å². The summed E-state index contributed by atoms with van der Waals surface area (Å²) < 4.78 is 46.5. The number of ether oxygens (including phenoxy) is 3. The molecular formula is C24H26ClN5O5S. The van der Waals surface area contributed by atoms with Crippen molar-refractivity contribution in [3.63, 3.8) is 0 Å². The number of hydrogen-bond donors (Lipinski definition) is 1. The Bertz CT molecular complexity index is 1420. The Balaban J connectivity index is 1.47. The highest BCUT2D eigenvalue weighted by atomic mass is 35.5. The van der Waals surface area contributed by atoms with Crippen molar-refractivity contribution in [3.8, 4) is 17.5 Å². The Morgan fingerprint density at radius 1 is 1.08 bits per heavy atom. The number of benzene rings is 2. The topological polar surface area (TPSA) is 106 Å². The summed E-state index contributed by atoms with van der Waals surface area (Å²) in [5, 5.41) is 0.344. The molecule has 5 rings (SSSR count). The van der Waals surface area contributed by atoms with Crippen molar-refractivity contribution < 1.29 is 22.6 Å². The molecule has 36 heavy (non-hydrogen) atoms. The van der Waals surface area contributed by atoms with Gasteiger partial charge in [-0.2, -0.15) is 9.97 Å². The van der Waals surface area contributed by atoms with E-state index in [-0.39, 0.29) is 29.1 Å². The minimum absolute atomic E-state index is 0.0325. The van der Waals surface area contributed by atoms with Crippen molar-refractivity contribution in [2.45, 2.75) is 18.4 Å². The number of fused-ring (bicyclic) bond motifs is 2. The molecule has 0 fully saturated rings. The fraction of sp³-hybridized carbons (Fsp3) is 0.333. The minimum atomic E-state index is -4.04. The van der Waals surface area contributed by atoms with Crippen LogP contribution in [0, 0.1) is 6.92 Å². The largest absolute Gasteiger partial charge is 0.490 e. The van der Waals surface area contributed by atoms with E-state index in [1.54, 1.807) is 19.1 Å². The molecule has 10 nitrogen and oxygen atoms in total. The van der Waals surface area contributed by atoms with Crippen molar-refractivity contribution in [1.82, 2.24) is 9.97 Å². The first-order valence-corrected chi connectivity index (χ1v) is 13.2. The second kappa shape index (κ2) is 9.55. The first-order valence-electron chi connectivity index (χ1n) is 11.4. The average Bonchev–Trinajstić information content (AvgIpc) is 2.84. The van der Waals surface area contributed by atoms with Gasteiger partial charge in [0, 0.05) is 19.1 Å². The number of likely N-dealkylation sites (N-methyl/N-ethyl adjacent to an activating group) is 2. The number of anilines is 3. The number of halogens is 1. The fourth-order valence-electron chi connectivity index (χ4n) is 4.00. The molecule has 3 heterocycles. The van der Waals surface area contributed by atoms with Crippen molar-refractivity contribution >= 4 is 38.9 Å². The number of nitrogens with one attached hydrogen (secondary N) is 1. The van der Waals surface area contributed by atoms with E-state index in [1.165, 1.54) is 6.07 Å². The lowest BCUT2D eigenvalue weighted by atomic mass is 10.1. The van der Waals surface area contributed by atoms with Gasteiger partial charge in [0.25, 0.3) is 21.8 Å². The zero-order valence-corrected chi connectivity index (χ0v) is 21.7. The summed E-state index contributed by atoms with van der Waals surface area (Å²) in [6.45, 7) is 4.21. The molecule has 0 unspecified atom stereocenters. The maximum Gasteiger partial charge on any atom is 0.263 e. The van der Waals surface area contributed by atoms with Crippen LogP contribution in [-0.2, 0) is 16.6 Å². The van der Waals surface area contributed by atoms with Crippen LogP contribution >= 0.6 is 11.6 Å². The first kappa shape index (κ1) is 24.3. The summed E-state index contributed by atoms with van der Waals surface area (Å²) in [5.74, 6) is 1.42. The maximum absolute atomic E-state index is 13.3. The van der Waals surface area contributed by atoms with E-state index < -0.39 is 10.0 Å². The summed E-state index contributed by atoms with van der Waals surface area (Å²) in [7, 11) is -0.172. The van der Waals surface area contributed by atoms with Crippen LogP contribution in [0.3, 0.4) is 0 Å². The van der Waals surface area contributed by atoms with Gasteiger partial charge < -0.3 is 24.0 Å². The lowest BCUT2D eigenvalue weighted by Crippen LogP contribution is -2.31. The normalized spacial score (nSPS) is 14.9. The van der Waals surface area contributed by atoms with Crippen LogP contribution in [-0.4, -0.2) is 58.8 Å². The van der Waals surface area contributed by atoms with E-state index in [4.69, 9.17) is 25.8 Å². The van der Waals surface area contributed by atoms with E-state index >= 15 is 0 Å². The smallest absolute Gasteiger partial charge is 0.263 e. The molecule has 0 spiro atoms. The van der Waals surface area contributed by atoms with Gasteiger partial charge in [0.05, 0.1) is 23.7 Å². The Hall–Kier alpha value is -3.44. The second-order valence-corrected chi connectivity index (χ2v) is 10.7. The van der Waals surface area contributed by atoms with Crippen LogP contribution in [0.25, 0.3) is 0 Å². The van der Waals surface area contributed by atoms with Crippen LogP contribution < -0.4 is 28.7 Å². The lowest BCUT2D eigenvalue weighted by Gasteiger charge is -2.28. The Kier molecular flexibility index (Phi) is 6.44. The molecule has 12 heteroatoms. The number of nitrogens with zero attached hydrogens (tertiary/aromatic N) is 4. The summed E-state index contributed by atoms with van der Waals surface area (Å²) in [6, 6.07) is 10.5. The molecule has 0 saturated carbocycles. The molecule has 2 aliphatic rings. The van der Waals surface area contributed by atoms with Gasteiger partial charge >= 0.3 is 0 Å². The molecule has 2 aromatic carbocycles. The Labute approximate surface area is 214 Å². The van der Waals surface area contributed by atoms with Gasteiger partial charge in [-0.25, -0.2) is 8.42 Å². The first-order chi connectivity index (χ1) is 17.2. The lowest BCUT2D eigenvalue weighted by molar-refractivity contribution is 0.276. The summed E-state index contributed by atoms with van der Waals surface area (Å²) in [4.78, 5) is 13.0. The zero-order valence-electron chi connectivity index (χ0n) is 20.1. The molecule has 0 aliphatic carbocycles. The monoisotopic (exact) mass is 531 g/mol. The van der Waals surface area contributed by atoms with Crippen molar-refractivity contribution in [1.29, 1.82) is 0 Å². The van der Waals surface area contributed by atoms with E-state index in [1.807, 2.05) is 37.2 Å². The number of sulfonamides is 1. The molecule has 1 aromatic heterocycles. The molecule has 0 bridgehead atoms. The highest BCUT2D eigenvalue weighted by molar-refractivity contribution is 7.92. The van der Waals surface area contributed by atoms with Crippen LogP contribution in [0.1, 0.15) is 11.1 Å². The molecule has 190 valence electrons. The Morgan fingerprint density at radius 2 is 1.86 bits per heavy atom. The van der Waals surface area contributed by atoms with E-state index in [2.05, 4.69) is 19.6 Å². The molecule has 0 radical (unpaired) electrons. The minimum Gasteiger partial charge on any atom is -0.490 e. The summed E-state index contributed by atoms with van der Waals surface area (Å²) in [6.07, 6.45) is 0. The van der Waals surface area contributed by atoms with Gasteiger partial charge in [-0.3, -0.25) is 4.72 Å². The number of aromatic nitrogens is 2. The quantitative estimate of drug-likeness (QED) is 0.511. The molecule has 3 aromatic rings. The van der Waals surface area contributed by atoms with Gasteiger partial charge in [-0.15, -0.1) is 0 Å². The molecule has 1 N–H and O–H groups in total. The average molecular weight is 532 g/mol. The molecule has 0 amide bonds. The second-order valence-electron chi connectivity index (χ2n) is 8.61. The summed E-state index contributed by atoms with van der Waals surface area (Å²) in [5.41, 5.74) is 2.27. The van der Waals surface area contributed by atoms with Crippen molar-refractivity contribution in [2.75, 3.05) is 54.9 Å². The van der Waals surface area contributed by atoms with E-state index in [9.17, 15) is 8.42 Å². The summed E-state index contributed by atoms with van der Waals surface area (Å²) >= 11 is 6.16. The molecule has 0 atom stereocenters. The highest BCUT2D eigenvalue weighted by Gasteiger charge is 2.27. The van der Waals surface area contributed by atoms with E-state index in [0.29, 0.717) is 36.2 Å². The highest BCUT2D eigenvalue weighted by Crippen LogP contribution is 2.36. The standard InChI is InChI=1S/C24H26ClN5O5S/c1-15-17(25)5-4-6-20(15)36(31,32)28-21-23(27-22-24(26-21)34-12-10-30(22)3)35-14-16-7-8-18-19(13-16)33-11-9-29(18)2/h4-8,13H,9-12,14H2,1-3H3,(H,26,28). The van der Waals surface area contributed by atoms with Crippen LogP contribution in [0.4, 0.5) is 17.3 Å². The predicted molar refractivity (Wildman–Crippen MR) is 137 cm³/mol. The molecule has 0 saturated heterocycles. The maximum atomic E-state index is 13.3. The van der Waals surface area contributed by atoms with E-state index in [0.717, 1.165) is 23.5 Å². The van der Waals surface area contributed by atoms with Crippen molar-refractivity contribution in [2.24, 2.45) is 0 Å². The third-order valence-electron chi connectivity index (χ3n) is 6.08. The SMILES string of the molecule is Cc1c(Cl)cccc1S(=O)(=O)Nc1nc2c(nc1OCc1ccc3c(c1)OCCN3C)N(C)CCO2. The fourth-order valence-corrected chi connectivity index (χ4v) is 5.50. The van der Waals surface area contributed by atoms with Crippen molar-refractivity contribution in [3.05, 3.63) is 52.5 Å². The van der Waals surface area contributed by atoms with Gasteiger partial charge in [0.1, 0.15) is 25.6 Å². The Morgan fingerprint density at radius 3 is 2.69 bits per heavy atom. The third-order valence-corrected chi connectivity index (χ3v) is 7.97. The van der Waals surface area contributed by atoms with Gasteiger partial charge in [-0.1, -0.05) is 23.7 Å². The predicted octanol–water partition coefficient (Wildman–Crippen LogP) is 3.48. The number of rotatable bonds is 6. The molecular weight excluding hydrogens is 506 g/mol. The van der Waals surface area contributed by atoms with Crippen LogP contribution in [0.5, 0.6) is 17.5 Å².